The van der Waals surface area contributed by atoms with E-state index in [1.54, 1.807) is 24.3 Å². The average molecular weight is 342 g/mol. The van der Waals surface area contributed by atoms with Gasteiger partial charge in [-0.2, -0.15) is 0 Å². The van der Waals surface area contributed by atoms with Crippen LogP contribution in [0.1, 0.15) is 17.3 Å². The van der Waals surface area contributed by atoms with Crippen molar-refractivity contribution in [2.45, 2.75) is 18.2 Å². The van der Waals surface area contributed by atoms with Gasteiger partial charge in [-0.05, 0) is 43.3 Å². The van der Waals surface area contributed by atoms with Crippen LogP contribution < -0.4 is 4.74 Å². The molecule has 3 rings (SSSR count). The number of thioether (sulfide) groups is 1. The van der Waals surface area contributed by atoms with Crippen molar-refractivity contribution < 1.29 is 14.6 Å². The van der Waals surface area contributed by atoms with Crippen LogP contribution in [0.5, 0.6) is 5.75 Å². The first kappa shape index (κ1) is 16.5. The topological polar surface area (TPSA) is 75.2 Å². The first-order chi connectivity index (χ1) is 11.6. The molecule has 1 unspecified atom stereocenters. The van der Waals surface area contributed by atoms with Gasteiger partial charge in [-0.3, -0.25) is 4.79 Å². The molecule has 5 nitrogen and oxygen atoms in total. The lowest BCUT2D eigenvalue weighted by atomic mass is 10.1. The standard InChI is InChI=1S/C18H18N2O3S/c1-12(21)13-6-8-15(9-7-13)23-10-14(22)11-24-18-19-16-4-2-3-5-17(16)20-18/h2-9,14,22H,10-11H2,1H3,(H,19,20). The van der Waals surface area contributed by atoms with E-state index in [2.05, 4.69) is 9.97 Å². The maximum Gasteiger partial charge on any atom is 0.166 e. The number of Topliss-reactive ketones (excluding diaryl/α,β-unsaturated/α-hetero) is 1. The molecule has 0 aliphatic carbocycles. The minimum Gasteiger partial charge on any atom is -0.491 e. The van der Waals surface area contributed by atoms with Crippen molar-refractivity contribution in [3.05, 3.63) is 54.1 Å². The van der Waals surface area contributed by atoms with E-state index in [9.17, 15) is 9.90 Å². The molecule has 0 saturated heterocycles. The number of imidazole rings is 1. The predicted octanol–water partition coefficient (Wildman–Crippen LogP) is 3.30. The highest BCUT2D eigenvalue weighted by molar-refractivity contribution is 7.99. The Kier molecular flexibility index (Phi) is 5.17. The highest BCUT2D eigenvalue weighted by atomic mass is 32.2. The van der Waals surface area contributed by atoms with E-state index in [0.29, 0.717) is 17.1 Å². The van der Waals surface area contributed by atoms with Gasteiger partial charge in [0.15, 0.2) is 10.9 Å². The fourth-order valence-corrected chi connectivity index (χ4v) is 2.99. The van der Waals surface area contributed by atoms with Gasteiger partial charge in [-0.15, -0.1) is 0 Å². The molecule has 0 spiro atoms. The number of carbonyl (C=O) groups is 1. The van der Waals surface area contributed by atoms with E-state index in [0.717, 1.165) is 16.2 Å². The number of ketones is 1. The second-order valence-corrected chi connectivity index (χ2v) is 6.42. The number of H-pyrrole nitrogens is 1. The molecule has 3 aromatic rings. The first-order valence-corrected chi connectivity index (χ1v) is 8.60. The summed E-state index contributed by atoms with van der Waals surface area (Å²) < 4.78 is 5.54. The highest BCUT2D eigenvalue weighted by Gasteiger charge is 2.09. The number of aliphatic hydroxyl groups excluding tert-OH is 1. The van der Waals surface area contributed by atoms with Gasteiger partial charge in [-0.1, -0.05) is 23.9 Å². The average Bonchev–Trinajstić information content (AvgIpc) is 3.01. The van der Waals surface area contributed by atoms with Crippen molar-refractivity contribution in [2.24, 2.45) is 0 Å². The molecule has 0 bridgehead atoms. The number of fused-ring (bicyclic) bond motifs is 1. The SMILES string of the molecule is CC(=O)c1ccc(OCC(O)CSc2nc3ccccc3[nH]2)cc1. The number of aromatic nitrogens is 2. The lowest BCUT2D eigenvalue weighted by Crippen LogP contribution is -2.20. The molecule has 1 heterocycles. The van der Waals surface area contributed by atoms with Gasteiger partial charge >= 0.3 is 0 Å². The molecular weight excluding hydrogens is 324 g/mol. The number of hydrogen-bond donors (Lipinski definition) is 2. The minimum absolute atomic E-state index is 0.0174. The molecule has 24 heavy (non-hydrogen) atoms. The van der Waals surface area contributed by atoms with Crippen LogP contribution in [0.4, 0.5) is 0 Å². The lowest BCUT2D eigenvalue weighted by molar-refractivity contribution is 0.101. The maximum atomic E-state index is 11.2. The Bertz CT molecular complexity index is 797. The molecule has 1 aromatic heterocycles. The Balaban J connectivity index is 1.48. The smallest absolute Gasteiger partial charge is 0.166 e. The lowest BCUT2D eigenvalue weighted by Gasteiger charge is -2.11. The van der Waals surface area contributed by atoms with Crippen LogP contribution in [0.2, 0.25) is 0 Å². The van der Waals surface area contributed by atoms with E-state index in [1.807, 2.05) is 24.3 Å². The Morgan fingerprint density at radius 1 is 1.25 bits per heavy atom. The normalized spacial score (nSPS) is 12.2. The number of para-hydroxylation sites is 2. The van der Waals surface area contributed by atoms with Crippen molar-refractivity contribution in [3.8, 4) is 5.75 Å². The van der Waals surface area contributed by atoms with E-state index >= 15 is 0 Å². The van der Waals surface area contributed by atoms with Crippen molar-refractivity contribution in [1.82, 2.24) is 9.97 Å². The molecule has 2 aromatic carbocycles. The number of aliphatic hydroxyl groups is 1. The van der Waals surface area contributed by atoms with E-state index in [1.165, 1.54) is 18.7 Å². The monoisotopic (exact) mass is 342 g/mol. The van der Waals surface area contributed by atoms with Gasteiger partial charge in [-0.25, -0.2) is 4.98 Å². The predicted molar refractivity (Wildman–Crippen MR) is 94.8 cm³/mol. The summed E-state index contributed by atoms with van der Waals surface area (Å²) >= 11 is 1.45. The summed E-state index contributed by atoms with van der Waals surface area (Å²) in [6.45, 7) is 1.71. The van der Waals surface area contributed by atoms with Gasteiger partial charge in [0.1, 0.15) is 12.4 Å². The molecule has 2 N–H and O–H groups in total. The summed E-state index contributed by atoms with van der Waals surface area (Å²) in [5.74, 6) is 1.13. The quantitative estimate of drug-likeness (QED) is 0.509. The van der Waals surface area contributed by atoms with Crippen molar-refractivity contribution in [3.63, 3.8) is 0 Å². The number of nitrogens with zero attached hydrogens (tertiary/aromatic N) is 1. The van der Waals surface area contributed by atoms with Crippen LogP contribution in [0.25, 0.3) is 11.0 Å². The highest BCUT2D eigenvalue weighted by Crippen LogP contribution is 2.20. The molecule has 0 saturated carbocycles. The van der Waals surface area contributed by atoms with Crippen LogP contribution in [0, 0.1) is 0 Å². The van der Waals surface area contributed by atoms with Crippen LogP contribution in [-0.2, 0) is 0 Å². The fourth-order valence-electron chi connectivity index (χ4n) is 2.20. The number of hydrogen-bond acceptors (Lipinski definition) is 5. The largest absolute Gasteiger partial charge is 0.491 e. The van der Waals surface area contributed by atoms with Gasteiger partial charge in [0.2, 0.25) is 0 Å². The summed E-state index contributed by atoms with van der Waals surface area (Å²) in [6, 6.07) is 14.7. The minimum atomic E-state index is -0.615. The van der Waals surface area contributed by atoms with E-state index in [4.69, 9.17) is 4.74 Å². The summed E-state index contributed by atoms with van der Waals surface area (Å²) in [7, 11) is 0. The summed E-state index contributed by atoms with van der Waals surface area (Å²) in [5.41, 5.74) is 2.54. The van der Waals surface area contributed by atoms with Crippen molar-refractivity contribution in [1.29, 1.82) is 0 Å². The Labute approximate surface area is 144 Å². The first-order valence-electron chi connectivity index (χ1n) is 7.61. The van der Waals surface area contributed by atoms with Crippen LogP contribution in [0.3, 0.4) is 0 Å². The second kappa shape index (κ2) is 7.51. The molecular formula is C18H18N2O3S. The Morgan fingerprint density at radius 2 is 2.00 bits per heavy atom. The summed E-state index contributed by atoms with van der Waals surface area (Å²) in [4.78, 5) is 18.9. The van der Waals surface area contributed by atoms with E-state index < -0.39 is 6.10 Å². The molecule has 1 atom stereocenters. The van der Waals surface area contributed by atoms with Crippen LogP contribution in [0.15, 0.2) is 53.7 Å². The zero-order chi connectivity index (χ0) is 16.9. The summed E-state index contributed by atoms with van der Waals surface area (Å²) in [6.07, 6.45) is -0.615. The number of nitrogens with one attached hydrogen (secondary N) is 1. The number of ether oxygens (including phenoxy) is 1. The maximum absolute atomic E-state index is 11.2. The van der Waals surface area contributed by atoms with Gasteiger partial charge < -0.3 is 14.8 Å². The fraction of sp³-hybridized carbons (Fsp3) is 0.222. The van der Waals surface area contributed by atoms with Gasteiger partial charge in [0, 0.05) is 11.3 Å². The molecule has 0 radical (unpaired) electrons. The Morgan fingerprint density at radius 3 is 2.71 bits per heavy atom. The zero-order valence-corrected chi connectivity index (χ0v) is 14.0. The van der Waals surface area contributed by atoms with Gasteiger partial charge in [0.25, 0.3) is 0 Å². The Hall–Kier alpha value is -2.31. The number of aromatic amines is 1. The molecule has 0 aliphatic rings. The van der Waals surface area contributed by atoms with Crippen LogP contribution in [-0.4, -0.2) is 39.3 Å². The third-order valence-corrected chi connectivity index (χ3v) is 4.50. The molecule has 0 fully saturated rings. The van der Waals surface area contributed by atoms with Crippen molar-refractivity contribution >= 4 is 28.6 Å². The number of rotatable bonds is 7. The number of carbonyl (C=O) groups excluding carboxylic acids is 1. The molecule has 0 amide bonds. The van der Waals surface area contributed by atoms with Gasteiger partial charge in [0.05, 0.1) is 17.1 Å². The molecule has 6 heteroatoms. The van der Waals surface area contributed by atoms with Crippen LogP contribution >= 0.6 is 11.8 Å². The third-order valence-electron chi connectivity index (χ3n) is 3.48. The second-order valence-electron chi connectivity index (χ2n) is 5.42. The third kappa shape index (κ3) is 4.15. The zero-order valence-electron chi connectivity index (χ0n) is 13.2. The van der Waals surface area contributed by atoms with Crippen molar-refractivity contribution in [2.75, 3.05) is 12.4 Å². The number of benzene rings is 2. The van der Waals surface area contributed by atoms with E-state index in [-0.39, 0.29) is 12.4 Å². The molecule has 124 valence electrons. The summed E-state index contributed by atoms with van der Waals surface area (Å²) in [5, 5.41) is 10.8. The molecule has 0 aliphatic heterocycles.